The highest BCUT2D eigenvalue weighted by molar-refractivity contribution is 7.99. The largest absolute Gasteiger partial charge is 0.396 e. The Hall–Kier alpha value is -1.00. The maximum Gasteiger partial charge on any atom is 0.251 e. The monoisotopic (exact) mass is 281 g/mol. The first-order valence-electron chi connectivity index (χ1n) is 6.73. The van der Waals surface area contributed by atoms with Crippen molar-refractivity contribution >= 4 is 17.7 Å². The number of carbonyl (C=O) groups is 1. The Labute approximate surface area is 119 Å². The molecule has 0 saturated carbocycles. The third-order valence-electron chi connectivity index (χ3n) is 2.99. The second-order valence-corrected chi connectivity index (χ2v) is 6.13. The van der Waals surface area contributed by atoms with Crippen molar-refractivity contribution in [1.82, 2.24) is 5.32 Å². The normalized spacial score (nSPS) is 12.5. The number of nitrogens with one attached hydrogen (secondary N) is 1. The molecule has 4 heteroatoms. The topological polar surface area (TPSA) is 49.3 Å². The number of amides is 1. The summed E-state index contributed by atoms with van der Waals surface area (Å²) in [6.45, 7) is 6.28. The summed E-state index contributed by atoms with van der Waals surface area (Å²) in [5.74, 6) is 1.27. The Bertz CT molecular complexity index is 390. The molecule has 0 aliphatic rings. The maximum atomic E-state index is 12.1. The first-order valence-corrected chi connectivity index (χ1v) is 7.71. The van der Waals surface area contributed by atoms with Crippen LogP contribution in [0.25, 0.3) is 0 Å². The molecule has 0 spiro atoms. The zero-order valence-corrected chi connectivity index (χ0v) is 12.7. The van der Waals surface area contributed by atoms with Crippen molar-refractivity contribution in [1.29, 1.82) is 0 Å². The molecule has 0 aromatic heterocycles. The van der Waals surface area contributed by atoms with Crippen LogP contribution in [0.3, 0.4) is 0 Å². The lowest BCUT2D eigenvalue weighted by Crippen LogP contribution is -2.39. The van der Waals surface area contributed by atoms with Gasteiger partial charge in [0.15, 0.2) is 0 Å². The molecule has 2 N–H and O–H groups in total. The number of benzene rings is 1. The average molecular weight is 281 g/mol. The van der Waals surface area contributed by atoms with Crippen LogP contribution in [0.4, 0.5) is 0 Å². The fraction of sp³-hybridized carbons (Fsp3) is 0.533. The Morgan fingerprint density at radius 1 is 1.32 bits per heavy atom. The minimum absolute atomic E-state index is 0.0159. The van der Waals surface area contributed by atoms with Crippen molar-refractivity contribution in [2.75, 3.05) is 12.4 Å². The Morgan fingerprint density at radius 2 is 1.95 bits per heavy atom. The molecule has 0 heterocycles. The van der Waals surface area contributed by atoms with Gasteiger partial charge in [0.25, 0.3) is 5.91 Å². The summed E-state index contributed by atoms with van der Waals surface area (Å²) in [6.07, 6.45) is 0.590. The van der Waals surface area contributed by atoms with Crippen LogP contribution in [0.1, 0.15) is 37.6 Å². The second-order valence-electron chi connectivity index (χ2n) is 4.79. The lowest BCUT2D eigenvalue weighted by molar-refractivity contribution is 0.0916. The van der Waals surface area contributed by atoms with Crippen molar-refractivity contribution < 1.29 is 9.90 Å². The lowest BCUT2D eigenvalue weighted by Gasteiger charge is -2.21. The quantitative estimate of drug-likeness (QED) is 0.756. The molecule has 0 bridgehead atoms. The molecule has 3 nitrogen and oxygen atoms in total. The number of hydrogen-bond donors (Lipinski definition) is 2. The summed E-state index contributed by atoms with van der Waals surface area (Å²) in [7, 11) is 0. The third-order valence-corrected chi connectivity index (χ3v) is 3.88. The first-order chi connectivity index (χ1) is 9.08. The van der Waals surface area contributed by atoms with E-state index in [-0.39, 0.29) is 18.6 Å². The number of aliphatic hydroxyl groups is 1. The zero-order chi connectivity index (χ0) is 14.3. The predicted molar refractivity (Wildman–Crippen MR) is 80.6 cm³/mol. The van der Waals surface area contributed by atoms with Crippen molar-refractivity contribution in [3.05, 3.63) is 29.8 Å². The van der Waals surface area contributed by atoms with Gasteiger partial charge in [0.1, 0.15) is 0 Å². The molecule has 1 aromatic rings. The summed E-state index contributed by atoms with van der Waals surface area (Å²) in [4.78, 5) is 13.3. The minimum atomic E-state index is -0.0693. The highest BCUT2D eigenvalue weighted by Gasteiger charge is 2.16. The Morgan fingerprint density at radius 3 is 2.42 bits per heavy atom. The van der Waals surface area contributed by atoms with Crippen LogP contribution < -0.4 is 5.32 Å². The third kappa shape index (κ3) is 5.25. The van der Waals surface area contributed by atoms with E-state index < -0.39 is 0 Å². The van der Waals surface area contributed by atoms with Gasteiger partial charge in [-0.15, -0.1) is 11.8 Å². The molecule has 0 saturated heterocycles. The molecule has 1 atom stereocenters. The van der Waals surface area contributed by atoms with E-state index in [1.807, 2.05) is 38.1 Å². The molecule has 0 aliphatic carbocycles. The molecule has 1 amide bonds. The maximum absolute atomic E-state index is 12.1. The first kappa shape index (κ1) is 16.1. The SMILES string of the molecule is CCSc1ccc(C(=O)NC(CCO)C(C)C)cc1. The van der Waals surface area contributed by atoms with Crippen molar-refractivity contribution in [3.63, 3.8) is 0 Å². The fourth-order valence-corrected chi connectivity index (χ4v) is 2.49. The van der Waals surface area contributed by atoms with Gasteiger partial charge in [0.2, 0.25) is 0 Å². The summed E-state index contributed by atoms with van der Waals surface area (Å²) >= 11 is 1.76. The summed E-state index contributed by atoms with van der Waals surface area (Å²) in [6, 6.07) is 7.66. The fourth-order valence-electron chi connectivity index (χ4n) is 1.83. The molecule has 0 aliphatic heterocycles. The lowest BCUT2D eigenvalue weighted by atomic mass is 10.0. The van der Waals surface area contributed by atoms with Crippen LogP contribution in [0.2, 0.25) is 0 Å². The van der Waals surface area contributed by atoms with E-state index in [2.05, 4.69) is 12.2 Å². The van der Waals surface area contributed by atoms with Crippen molar-refractivity contribution in [3.8, 4) is 0 Å². The van der Waals surface area contributed by atoms with Gasteiger partial charge < -0.3 is 10.4 Å². The molecule has 1 rings (SSSR count). The Balaban J connectivity index is 2.66. The number of carbonyl (C=O) groups excluding carboxylic acids is 1. The molecule has 0 radical (unpaired) electrons. The van der Waals surface area contributed by atoms with Gasteiger partial charge in [-0.25, -0.2) is 0 Å². The van der Waals surface area contributed by atoms with Crippen molar-refractivity contribution in [2.45, 2.75) is 38.1 Å². The highest BCUT2D eigenvalue weighted by atomic mass is 32.2. The molecule has 1 aromatic carbocycles. The van der Waals surface area contributed by atoms with E-state index in [0.717, 1.165) is 5.75 Å². The molecular weight excluding hydrogens is 258 g/mol. The van der Waals surface area contributed by atoms with E-state index >= 15 is 0 Å². The standard InChI is InChI=1S/C15H23NO2S/c1-4-19-13-7-5-12(6-8-13)15(18)16-14(9-10-17)11(2)3/h5-8,11,14,17H,4,9-10H2,1-3H3,(H,16,18). The summed E-state index contributed by atoms with van der Waals surface area (Å²) < 4.78 is 0. The van der Waals surface area contributed by atoms with Crippen LogP contribution in [0.5, 0.6) is 0 Å². The van der Waals surface area contributed by atoms with Gasteiger partial charge in [0.05, 0.1) is 0 Å². The van der Waals surface area contributed by atoms with E-state index in [1.54, 1.807) is 11.8 Å². The van der Waals surface area contributed by atoms with E-state index in [4.69, 9.17) is 5.11 Å². The molecule has 19 heavy (non-hydrogen) atoms. The summed E-state index contributed by atoms with van der Waals surface area (Å²) in [5, 5.41) is 12.0. The zero-order valence-electron chi connectivity index (χ0n) is 11.8. The number of hydrogen-bond acceptors (Lipinski definition) is 3. The van der Waals surface area contributed by atoms with E-state index in [1.165, 1.54) is 4.90 Å². The number of thioether (sulfide) groups is 1. The van der Waals surface area contributed by atoms with E-state index in [9.17, 15) is 4.79 Å². The van der Waals surface area contributed by atoms with Crippen LogP contribution in [-0.4, -0.2) is 29.4 Å². The van der Waals surface area contributed by atoms with Crippen LogP contribution in [0.15, 0.2) is 29.2 Å². The molecule has 106 valence electrons. The molecule has 0 fully saturated rings. The predicted octanol–water partition coefficient (Wildman–Crippen LogP) is 2.94. The average Bonchev–Trinajstić information content (AvgIpc) is 2.39. The second kappa shape index (κ2) is 8.23. The van der Waals surface area contributed by atoms with Gasteiger partial charge in [-0.2, -0.15) is 0 Å². The van der Waals surface area contributed by atoms with Gasteiger partial charge in [0, 0.05) is 23.1 Å². The van der Waals surface area contributed by atoms with Crippen LogP contribution in [0, 0.1) is 5.92 Å². The molecular formula is C15H23NO2S. The summed E-state index contributed by atoms with van der Waals surface area (Å²) in [5.41, 5.74) is 0.670. The van der Waals surface area contributed by atoms with Gasteiger partial charge in [-0.1, -0.05) is 20.8 Å². The van der Waals surface area contributed by atoms with E-state index in [0.29, 0.717) is 17.9 Å². The molecule has 1 unspecified atom stereocenters. The van der Waals surface area contributed by atoms with Crippen LogP contribution >= 0.6 is 11.8 Å². The highest BCUT2D eigenvalue weighted by Crippen LogP contribution is 2.18. The van der Waals surface area contributed by atoms with Gasteiger partial charge >= 0.3 is 0 Å². The minimum Gasteiger partial charge on any atom is -0.396 e. The number of rotatable bonds is 7. The van der Waals surface area contributed by atoms with Crippen LogP contribution in [-0.2, 0) is 0 Å². The smallest absolute Gasteiger partial charge is 0.251 e. The number of aliphatic hydroxyl groups excluding tert-OH is 1. The van der Waals surface area contributed by atoms with Crippen molar-refractivity contribution in [2.24, 2.45) is 5.92 Å². The Kier molecular flexibility index (Phi) is 6.95. The van der Waals surface area contributed by atoms with Gasteiger partial charge in [-0.3, -0.25) is 4.79 Å². The van der Waals surface area contributed by atoms with Gasteiger partial charge in [-0.05, 0) is 42.4 Å².